The van der Waals surface area contributed by atoms with Gasteiger partial charge in [0.1, 0.15) is 0 Å². The Balaban J connectivity index is 2.28. The molecule has 3 heteroatoms. The van der Waals surface area contributed by atoms with Gasteiger partial charge in [-0.3, -0.25) is 4.79 Å². The molecule has 1 heterocycles. The summed E-state index contributed by atoms with van der Waals surface area (Å²) in [6.45, 7) is 7.22. The van der Waals surface area contributed by atoms with E-state index in [1.54, 1.807) is 0 Å². The van der Waals surface area contributed by atoms with Crippen LogP contribution in [0.2, 0.25) is 25.2 Å². The van der Waals surface area contributed by atoms with Gasteiger partial charge in [0.25, 0.3) is 0 Å². The predicted molar refractivity (Wildman–Crippen MR) is 56.5 cm³/mol. The van der Waals surface area contributed by atoms with Crippen molar-refractivity contribution in [2.75, 3.05) is 6.61 Å². The number of rotatable bonds is 3. The number of esters is 1. The molecule has 0 aromatic carbocycles. The molecule has 0 bridgehead atoms. The zero-order chi connectivity index (χ0) is 9.90. The summed E-state index contributed by atoms with van der Waals surface area (Å²) in [5.41, 5.74) is 0. The van der Waals surface area contributed by atoms with E-state index < -0.39 is 8.07 Å². The van der Waals surface area contributed by atoms with Crippen LogP contribution >= 0.6 is 0 Å². The molecule has 1 aliphatic heterocycles. The van der Waals surface area contributed by atoms with Gasteiger partial charge in [-0.25, -0.2) is 0 Å². The molecule has 0 aromatic heterocycles. The molecule has 1 fully saturated rings. The normalized spacial score (nSPS) is 25.9. The maximum absolute atomic E-state index is 11.2. The molecule has 13 heavy (non-hydrogen) atoms. The Hall–Kier alpha value is -0.313. The van der Waals surface area contributed by atoms with Crippen molar-refractivity contribution in [1.82, 2.24) is 0 Å². The number of hydrogen-bond donors (Lipinski definition) is 0. The molecule has 0 radical (unpaired) electrons. The van der Waals surface area contributed by atoms with Crippen molar-refractivity contribution < 1.29 is 9.53 Å². The smallest absolute Gasteiger partial charge is 0.306 e. The lowest BCUT2D eigenvalue weighted by molar-refractivity contribution is -0.144. The molecular formula is C10H20O2Si. The van der Waals surface area contributed by atoms with Gasteiger partial charge < -0.3 is 4.74 Å². The van der Waals surface area contributed by atoms with Crippen molar-refractivity contribution in [3.8, 4) is 0 Å². The molecule has 1 aliphatic rings. The zero-order valence-corrected chi connectivity index (χ0v) is 9.93. The summed E-state index contributed by atoms with van der Waals surface area (Å²) in [5.74, 6) is 0.625. The van der Waals surface area contributed by atoms with E-state index in [4.69, 9.17) is 4.74 Å². The summed E-state index contributed by atoms with van der Waals surface area (Å²) < 4.78 is 4.95. The summed E-state index contributed by atoms with van der Waals surface area (Å²) in [4.78, 5) is 11.2. The van der Waals surface area contributed by atoms with Gasteiger partial charge in [-0.15, -0.1) is 0 Å². The van der Waals surface area contributed by atoms with E-state index in [-0.39, 0.29) is 5.97 Å². The molecule has 1 saturated heterocycles. The Labute approximate surface area is 81.7 Å². The molecule has 0 spiro atoms. The summed E-state index contributed by atoms with van der Waals surface area (Å²) in [5, 5.41) is 0. The van der Waals surface area contributed by atoms with E-state index >= 15 is 0 Å². The molecule has 0 saturated carbocycles. The molecule has 76 valence electrons. The zero-order valence-electron chi connectivity index (χ0n) is 8.93. The Morgan fingerprint density at radius 2 is 2.23 bits per heavy atom. The van der Waals surface area contributed by atoms with Crippen LogP contribution < -0.4 is 0 Å². The fraction of sp³-hybridized carbons (Fsp3) is 0.900. The first-order valence-electron chi connectivity index (χ1n) is 5.19. The number of ether oxygens (including phenoxy) is 1. The molecule has 0 aromatic rings. The third kappa shape index (κ3) is 3.51. The molecule has 2 nitrogen and oxygen atoms in total. The van der Waals surface area contributed by atoms with Crippen LogP contribution in [0.1, 0.15) is 19.8 Å². The highest BCUT2D eigenvalue weighted by Crippen LogP contribution is 2.36. The molecular weight excluding hydrogens is 180 g/mol. The second kappa shape index (κ2) is 4.27. The quantitative estimate of drug-likeness (QED) is 0.517. The lowest BCUT2D eigenvalue weighted by atomic mass is 10.1. The first kappa shape index (κ1) is 10.8. The minimum atomic E-state index is -0.901. The van der Waals surface area contributed by atoms with Crippen LogP contribution in [-0.4, -0.2) is 20.7 Å². The van der Waals surface area contributed by atoms with Crippen LogP contribution in [0.5, 0.6) is 0 Å². The number of carbonyl (C=O) groups excluding carboxylic acids is 1. The average molecular weight is 200 g/mol. The van der Waals surface area contributed by atoms with Crippen molar-refractivity contribution in [1.29, 1.82) is 0 Å². The van der Waals surface area contributed by atoms with Gasteiger partial charge in [0.15, 0.2) is 0 Å². The standard InChI is InChI=1S/C10H20O2Si/c1-4-12-10(11)7-9-5-6-13(2,3)8-9/h9H,4-8H2,1-3H3. The average Bonchev–Trinajstić information content (AvgIpc) is 2.30. The summed E-state index contributed by atoms with van der Waals surface area (Å²) in [7, 11) is -0.901. The lowest BCUT2D eigenvalue weighted by Gasteiger charge is -2.14. The maximum atomic E-state index is 11.2. The van der Waals surface area contributed by atoms with Crippen LogP contribution in [0, 0.1) is 5.92 Å². The molecule has 0 aliphatic carbocycles. The van der Waals surface area contributed by atoms with Gasteiger partial charge in [0.05, 0.1) is 6.61 Å². The Morgan fingerprint density at radius 3 is 2.69 bits per heavy atom. The fourth-order valence-electron chi connectivity index (χ4n) is 2.21. The van der Waals surface area contributed by atoms with E-state index in [0.29, 0.717) is 18.9 Å². The first-order chi connectivity index (χ1) is 6.03. The lowest BCUT2D eigenvalue weighted by Crippen LogP contribution is -2.20. The van der Waals surface area contributed by atoms with E-state index in [2.05, 4.69) is 13.1 Å². The fourth-order valence-corrected chi connectivity index (χ4v) is 5.52. The van der Waals surface area contributed by atoms with Gasteiger partial charge in [0.2, 0.25) is 0 Å². The van der Waals surface area contributed by atoms with Crippen molar-refractivity contribution >= 4 is 14.0 Å². The van der Waals surface area contributed by atoms with Crippen LogP contribution in [0.3, 0.4) is 0 Å². The molecule has 1 atom stereocenters. The molecule has 0 amide bonds. The highest BCUT2D eigenvalue weighted by Gasteiger charge is 2.33. The minimum absolute atomic E-state index is 0.000741. The van der Waals surface area contributed by atoms with E-state index in [9.17, 15) is 4.79 Å². The van der Waals surface area contributed by atoms with Gasteiger partial charge >= 0.3 is 5.97 Å². The highest BCUT2D eigenvalue weighted by molar-refractivity contribution is 6.78. The Bertz CT molecular complexity index is 189. The van der Waals surface area contributed by atoms with Gasteiger partial charge in [-0.2, -0.15) is 0 Å². The van der Waals surface area contributed by atoms with Crippen molar-refractivity contribution in [3.05, 3.63) is 0 Å². The highest BCUT2D eigenvalue weighted by atomic mass is 28.3. The number of hydrogen-bond acceptors (Lipinski definition) is 2. The minimum Gasteiger partial charge on any atom is -0.466 e. The number of carbonyl (C=O) groups is 1. The van der Waals surface area contributed by atoms with Crippen LogP contribution in [0.15, 0.2) is 0 Å². The second-order valence-electron chi connectivity index (χ2n) is 4.78. The molecule has 1 rings (SSSR count). The van der Waals surface area contributed by atoms with E-state index in [1.807, 2.05) is 6.92 Å². The summed E-state index contributed by atoms with van der Waals surface area (Å²) in [6, 6.07) is 2.70. The monoisotopic (exact) mass is 200 g/mol. The topological polar surface area (TPSA) is 26.3 Å². The Morgan fingerprint density at radius 1 is 1.54 bits per heavy atom. The molecule has 0 N–H and O–H groups in total. The molecule has 1 unspecified atom stereocenters. The van der Waals surface area contributed by atoms with Gasteiger partial charge in [0, 0.05) is 14.5 Å². The van der Waals surface area contributed by atoms with Gasteiger partial charge in [-0.05, 0) is 12.8 Å². The summed E-state index contributed by atoms with van der Waals surface area (Å²) >= 11 is 0. The largest absolute Gasteiger partial charge is 0.466 e. The van der Waals surface area contributed by atoms with Crippen molar-refractivity contribution in [2.45, 2.75) is 44.9 Å². The van der Waals surface area contributed by atoms with Crippen LogP contribution in [-0.2, 0) is 9.53 Å². The Kier molecular flexibility index (Phi) is 3.53. The van der Waals surface area contributed by atoms with Crippen molar-refractivity contribution in [2.24, 2.45) is 5.92 Å². The summed E-state index contributed by atoms with van der Waals surface area (Å²) in [6.07, 6.45) is 1.91. The van der Waals surface area contributed by atoms with Crippen LogP contribution in [0.25, 0.3) is 0 Å². The van der Waals surface area contributed by atoms with Crippen molar-refractivity contribution in [3.63, 3.8) is 0 Å². The van der Waals surface area contributed by atoms with Crippen LogP contribution in [0.4, 0.5) is 0 Å². The predicted octanol–water partition coefficient (Wildman–Crippen LogP) is 2.67. The SMILES string of the molecule is CCOC(=O)CC1CC[Si](C)(C)C1. The third-order valence-electron chi connectivity index (χ3n) is 2.83. The maximum Gasteiger partial charge on any atom is 0.306 e. The second-order valence-corrected chi connectivity index (χ2v) is 10.0. The van der Waals surface area contributed by atoms with E-state index in [0.717, 1.165) is 0 Å². The van der Waals surface area contributed by atoms with E-state index in [1.165, 1.54) is 18.5 Å². The third-order valence-corrected chi connectivity index (χ3v) is 6.16. The first-order valence-corrected chi connectivity index (χ1v) is 8.60. The van der Waals surface area contributed by atoms with Gasteiger partial charge in [-0.1, -0.05) is 31.6 Å².